The number of ether oxygens (including phenoxy) is 2. The Hall–Kier alpha value is -2.52. The molecular formula is C20H32N3O6+. The van der Waals surface area contributed by atoms with E-state index in [0.29, 0.717) is 17.6 Å². The summed E-state index contributed by atoms with van der Waals surface area (Å²) in [7, 11) is 5.97. The van der Waals surface area contributed by atoms with Crippen molar-refractivity contribution in [1.29, 1.82) is 0 Å². The van der Waals surface area contributed by atoms with Gasteiger partial charge in [0.1, 0.15) is 13.2 Å². The summed E-state index contributed by atoms with van der Waals surface area (Å²) >= 11 is 0. The number of aliphatic hydroxyl groups excluding tert-OH is 1. The lowest BCUT2D eigenvalue weighted by atomic mass is 9.86. The molecule has 2 N–H and O–H groups in total. The normalized spacial score (nSPS) is 12.8. The van der Waals surface area contributed by atoms with Crippen molar-refractivity contribution in [3.8, 4) is 0 Å². The molecule has 0 radical (unpaired) electrons. The van der Waals surface area contributed by atoms with Gasteiger partial charge in [0, 0.05) is 24.4 Å². The molecule has 1 aromatic heterocycles. The van der Waals surface area contributed by atoms with Crippen LogP contribution in [0.3, 0.4) is 0 Å². The Balaban J connectivity index is 2.60. The minimum atomic E-state index is -1.24. The van der Waals surface area contributed by atoms with Gasteiger partial charge in [-0.15, -0.1) is 0 Å². The van der Waals surface area contributed by atoms with E-state index in [0.717, 1.165) is 0 Å². The summed E-state index contributed by atoms with van der Waals surface area (Å²) in [4.78, 5) is 40.5. The molecule has 0 spiro atoms. The van der Waals surface area contributed by atoms with Crippen LogP contribution in [0.2, 0.25) is 0 Å². The molecule has 1 rings (SSSR count). The Morgan fingerprint density at radius 2 is 1.97 bits per heavy atom. The summed E-state index contributed by atoms with van der Waals surface area (Å²) in [5.41, 5.74) is -0.826. The van der Waals surface area contributed by atoms with Crippen molar-refractivity contribution in [1.82, 2.24) is 10.3 Å². The largest absolute Gasteiger partial charge is 0.460 e. The highest BCUT2D eigenvalue weighted by Crippen LogP contribution is 2.24. The molecule has 0 aromatic carbocycles. The van der Waals surface area contributed by atoms with Gasteiger partial charge in [-0.1, -0.05) is 13.8 Å². The summed E-state index contributed by atoms with van der Waals surface area (Å²) in [6, 6.07) is 3.09. The molecule has 0 bridgehead atoms. The molecule has 0 aliphatic carbocycles. The fourth-order valence-electron chi connectivity index (χ4n) is 2.20. The number of quaternary nitrogens is 1. The number of carbonyl (C=O) groups excluding carboxylic acids is 3. The van der Waals surface area contributed by atoms with Gasteiger partial charge in [-0.05, 0) is 12.1 Å². The molecule has 162 valence electrons. The second-order valence-electron chi connectivity index (χ2n) is 8.45. The minimum Gasteiger partial charge on any atom is -0.460 e. The molecule has 1 amide bonds. The van der Waals surface area contributed by atoms with Crippen LogP contribution in [0.25, 0.3) is 0 Å². The lowest BCUT2D eigenvalue weighted by Gasteiger charge is -2.30. The Morgan fingerprint density at radius 1 is 1.28 bits per heavy atom. The Morgan fingerprint density at radius 3 is 2.52 bits per heavy atom. The molecule has 0 unspecified atom stereocenters. The van der Waals surface area contributed by atoms with Crippen LogP contribution in [0.15, 0.2) is 24.5 Å². The Kier molecular flexibility index (Phi) is 9.19. The Labute approximate surface area is 171 Å². The number of aliphatic hydroxyl groups is 1. The molecule has 1 heterocycles. The summed E-state index contributed by atoms with van der Waals surface area (Å²) in [5.74, 6) is -1.75. The average molecular weight is 410 g/mol. The van der Waals surface area contributed by atoms with Crippen LogP contribution in [-0.2, 0) is 19.1 Å². The topological polar surface area (TPSA) is 115 Å². The van der Waals surface area contributed by atoms with E-state index in [9.17, 15) is 19.5 Å². The third kappa shape index (κ3) is 9.01. The molecule has 0 saturated heterocycles. The van der Waals surface area contributed by atoms with E-state index in [1.54, 1.807) is 19.9 Å². The number of esters is 2. The third-order valence-corrected chi connectivity index (χ3v) is 4.13. The van der Waals surface area contributed by atoms with Gasteiger partial charge in [-0.3, -0.25) is 14.6 Å². The molecule has 1 aromatic rings. The first-order valence-corrected chi connectivity index (χ1v) is 9.42. The summed E-state index contributed by atoms with van der Waals surface area (Å²) < 4.78 is 11.1. The monoisotopic (exact) mass is 410 g/mol. The van der Waals surface area contributed by atoms with E-state index in [-0.39, 0.29) is 25.1 Å². The van der Waals surface area contributed by atoms with E-state index in [1.165, 1.54) is 18.5 Å². The van der Waals surface area contributed by atoms with Gasteiger partial charge < -0.3 is 24.4 Å². The molecule has 0 aliphatic heterocycles. The fourth-order valence-corrected chi connectivity index (χ4v) is 2.20. The zero-order chi connectivity index (χ0) is 22.1. The van der Waals surface area contributed by atoms with Crippen LogP contribution in [0, 0.1) is 5.41 Å². The second-order valence-corrected chi connectivity index (χ2v) is 8.45. The van der Waals surface area contributed by atoms with Crippen molar-refractivity contribution in [2.75, 3.05) is 47.4 Å². The van der Waals surface area contributed by atoms with Crippen LogP contribution in [0.1, 0.15) is 30.6 Å². The van der Waals surface area contributed by atoms with Gasteiger partial charge in [0.15, 0.2) is 6.10 Å². The lowest BCUT2D eigenvalue weighted by molar-refractivity contribution is -0.870. The van der Waals surface area contributed by atoms with Crippen LogP contribution in [0.5, 0.6) is 0 Å². The first kappa shape index (κ1) is 24.5. The molecule has 1 atom stereocenters. The average Bonchev–Trinajstić information content (AvgIpc) is 2.65. The van der Waals surface area contributed by atoms with Crippen LogP contribution < -0.4 is 5.32 Å². The fraction of sp³-hybridized carbons (Fsp3) is 0.600. The number of carbonyl (C=O) groups is 3. The van der Waals surface area contributed by atoms with Crippen LogP contribution >= 0.6 is 0 Å². The number of aromatic nitrogens is 1. The molecular weight excluding hydrogens is 378 g/mol. The van der Waals surface area contributed by atoms with Crippen molar-refractivity contribution in [2.45, 2.75) is 26.4 Å². The van der Waals surface area contributed by atoms with E-state index in [1.807, 2.05) is 21.1 Å². The van der Waals surface area contributed by atoms with Gasteiger partial charge in [0.25, 0.3) is 5.91 Å². The zero-order valence-electron chi connectivity index (χ0n) is 17.8. The number of likely N-dealkylation sites (N-methyl/N-ethyl adjacent to an activating group) is 1. The van der Waals surface area contributed by atoms with Gasteiger partial charge in [0.05, 0.1) is 39.7 Å². The summed E-state index contributed by atoms with van der Waals surface area (Å²) in [6.07, 6.45) is 1.59. The molecule has 29 heavy (non-hydrogen) atoms. The third-order valence-electron chi connectivity index (χ3n) is 4.13. The minimum absolute atomic E-state index is 0.00823. The first-order valence-electron chi connectivity index (χ1n) is 9.42. The van der Waals surface area contributed by atoms with E-state index < -0.39 is 29.4 Å². The molecule has 9 nitrogen and oxygen atoms in total. The summed E-state index contributed by atoms with van der Waals surface area (Å²) in [6.45, 7) is 3.83. The number of pyridine rings is 1. The van der Waals surface area contributed by atoms with Crippen molar-refractivity contribution in [2.24, 2.45) is 5.41 Å². The molecule has 0 fully saturated rings. The van der Waals surface area contributed by atoms with Crippen LogP contribution in [-0.4, -0.2) is 86.0 Å². The molecule has 0 aliphatic rings. The predicted molar refractivity (Wildman–Crippen MR) is 106 cm³/mol. The molecule has 0 saturated carbocycles. The van der Waals surface area contributed by atoms with Crippen molar-refractivity contribution in [3.05, 3.63) is 30.1 Å². The maximum atomic E-state index is 12.6. The second kappa shape index (κ2) is 10.9. The van der Waals surface area contributed by atoms with Gasteiger partial charge >= 0.3 is 11.9 Å². The first-order chi connectivity index (χ1) is 13.5. The number of nitrogens with zero attached hydrogens (tertiary/aromatic N) is 2. The maximum Gasteiger partial charge on any atom is 0.340 e. The predicted octanol–water partition coefficient (Wildman–Crippen LogP) is 0.381. The zero-order valence-corrected chi connectivity index (χ0v) is 17.8. The highest BCUT2D eigenvalue weighted by Gasteiger charge is 2.38. The van der Waals surface area contributed by atoms with E-state index in [4.69, 9.17) is 9.47 Å². The number of amides is 1. The Bertz CT molecular complexity index is 685. The maximum absolute atomic E-state index is 12.6. The standard InChI is InChI=1S/C20H31N3O6/c1-20(2,14-24)17(29-19(27)15-7-6-9-21-13-15)18(26)22-10-8-16(25)28-12-11-23(3,4)5/h6-7,9,13,17,24H,8,10-12,14H2,1-5H3/p+1/t17-/m0/s1. The van der Waals surface area contributed by atoms with Crippen molar-refractivity contribution in [3.63, 3.8) is 0 Å². The van der Waals surface area contributed by atoms with Crippen LogP contribution in [0.4, 0.5) is 0 Å². The number of hydrogen-bond acceptors (Lipinski definition) is 7. The highest BCUT2D eigenvalue weighted by atomic mass is 16.6. The van der Waals surface area contributed by atoms with E-state index in [2.05, 4.69) is 10.3 Å². The molecule has 9 heteroatoms. The summed E-state index contributed by atoms with van der Waals surface area (Å²) in [5, 5.41) is 12.2. The number of nitrogens with one attached hydrogen (secondary N) is 1. The van der Waals surface area contributed by atoms with E-state index >= 15 is 0 Å². The smallest absolute Gasteiger partial charge is 0.340 e. The van der Waals surface area contributed by atoms with Gasteiger partial charge in [-0.25, -0.2) is 4.79 Å². The van der Waals surface area contributed by atoms with Gasteiger partial charge in [0.2, 0.25) is 0 Å². The van der Waals surface area contributed by atoms with Gasteiger partial charge in [-0.2, -0.15) is 0 Å². The highest BCUT2D eigenvalue weighted by molar-refractivity contribution is 5.92. The van der Waals surface area contributed by atoms with Crippen molar-refractivity contribution < 1.29 is 33.4 Å². The quantitative estimate of drug-likeness (QED) is 0.400. The number of hydrogen-bond donors (Lipinski definition) is 2. The SMILES string of the molecule is CC(C)(CO)[C@@H](OC(=O)c1cccnc1)C(=O)NCCC(=O)OCC[N+](C)(C)C. The lowest BCUT2D eigenvalue weighted by Crippen LogP contribution is -2.48. The number of rotatable bonds is 11. The van der Waals surface area contributed by atoms with Crippen molar-refractivity contribution >= 4 is 17.8 Å².